The Hall–Kier alpha value is -2.29. The van der Waals surface area contributed by atoms with Gasteiger partial charge in [-0.15, -0.1) is 0 Å². The number of carbonyl (C=O) groups excluding carboxylic acids is 1. The fraction of sp³-hybridized carbons (Fsp3) is 0.235. The van der Waals surface area contributed by atoms with Gasteiger partial charge in [0.25, 0.3) is 0 Å². The summed E-state index contributed by atoms with van der Waals surface area (Å²) < 4.78 is 5.57. The van der Waals surface area contributed by atoms with Gasteiger partial charge in [0, 0.05) is 6.42 Å². The van der Waals surface area contributed by atoms with Crippen LogP contribution in [0.5, 0.6) is 5.75 Å². The Labute approximate surface area is 118 Å². The lowest BCUT2D eigenvalue weighted by atomic mass is 10.1. The van der Waals surface area contributed by atoms with Crippen LogP contribution in [0, 0.1) is 0 Å². The third kappa shape index (κ3) is 2.67. The van der Waals surface area contributed by atoms with Crippen molar-refractivity contribution in [2.75, 3.05) is 18.1 Å². The van der Waals surface area contributed by atoms with Gasteiger partial charge < -0.3 is 9.64 Å². The highest BCUT2D eigenvalue weighted by Crippen LogP contribution is 2.31. The first kappa shape index (κ1) is 12.7. The molecule has 0 aliphatic carbocycles. The van der Waals surface area contributed by atoms with Gasteiger partial charge in [0.05, 0.1) is 12.2 Å². The van der Waals surface area contributed by atoms with Crippen LogP contribution in [0.15, 0.2) is 54.6 Å². The minimum absolute atomic E-state index is 0.157. The summed E-state index contributed by atoms with van der Waals surface area (Å²) in [5.74, 6) is 0.955. The van der Waals surface area contributed by atoms with Crippen molar-refractivity contribution < 1.29 is 9.53 Å². The molecule has 0 N–H and O–H groups in total. The molecule has 20 heavy (non-hydrogen) atoms. The van der Waals surface area contributed by atoms with E-state index in [1.807, 2.05) is 47.4 Å². The van der Waals surface area contributed by atoms with Crippen molar-refractivity contribution in [1.82, 2.24) is 0 Å². The van der Waals surface area contributed by atoms with Gasteiger partial charge in [-0.3, -0.25) is 4.79 Å². The summed E-state index contributed by atoms with van der Waals surface area (Å²) in [6, 6.07) is 17.8. The van der Waals surface area contributed by atoms with E-state index in [0.717, 1.165) is 17.9 Å². The van der Waals surface area contributed by atoms with Gasteiger partial charge in [-0.1, -0.05) is 42.5 Å². The van der Waals surface area contributed by atoms with Crippen molar-refractivity contribution in [1.29, 1.82) is 0 Å². The van der Waals surface area contributed by atoms with Gasteiger partial charge >= 0.3 is 0 Å². The summed E-state index contributed by atoms with van der Waals surface area (Å²) in [5.41, 5.74) is 2.08. The molecule has 0 saturated heterocycles. The van der Waals surface area contributed by atoms with Crippen LogP contribution in [0.2, 0.25) is 0 Å². The summed E-state index contributed by atoms with van der Waals surface area (Å²) in [6.07, 6.45) is 1.30. The van der Waals surface area contributed by atoms with E-state index in [2.05, 4.69) is 12.1 Å². The average molecular weight is 267 g/mol. The molecule has 0 radical (unpaired) electrons. The Morgan fingerprint density at radius 3 is 2.65 bits per heavy atom. The van der Waals surface area contributed by atoms with Gasteiger partial charge in [0.2, 0.25) is 5.91 Å². The number of carbonyl (C=O) groups is 1. The van der Waals surface area contributed by atoms with Crippen LogP contribution in [-0.2, 0) is 11.2 Å². The van der Waals surface area contributed by atoms with Crippen molar-refractivity contribution in [3.63, 3.8) is 0 Å². The van der Waals surface area contributed by atoms with E-state index in [1.54, 1.807) is 0 Å². The highest BCUT2D eigenvalue weighted by atomic mass is 16.5. The van der Waals surface area contributed by atoms with E-state index in [4.69, 9.17) is 4.74 Å². The minimum Gasteiger partial charge on any atom is -0.490 e. The lowest BCUT2D eigenvalue weighted by Crippen LogP contribution is -2.38. The van der Waals surface area contributed by atoms with Crippen molar-refractivity contribution in [3.05, 3.63) is 60.2 Å². The summed E-state index contributed by atoms with van der Waals surface area (Å²) in [7, 11) is 0. The number of ether oxygens (including phenoxy) is 1. The zero-order valence-electron chi connectivity index (χ0n) is 11.3. The zero-order chi connectivity index (χ0) is 13.8. The van der Waals surface area contributed by atoms with Crippen LogP contribution in [-0.4, -0.2) is 19.1 Å². The van der Waals surface area contributed by atoms with E-state index in [1.165, 1.54) is 5.56 Å². The standard InChI is InChI=1S/C17H17NO2/c19-17(11-10-14-6-2-1-3-7-14)18-12-13-20-16-9-5-4-8-15(16)18/h1-9H,10-13H2. The molecule has 1 heterocycles. The number of nitrogens with zero attached hydrogens (tertiary/aromatic N) is 1. The van der Waals surface area contributed by atoms with Crippen molar-refractivity contribution >= 4 is 11.6 Å². The van der Waals surface area contributed by atoms with Gasteiger partial charge in [-0.05, 0) is 24.1 Å². The first-order valence-electron chi connectivity index (χ1n) is 6.91. The molecular formula is C17H17NO2. The van der Waals surface area contributed by atoms with E-state index in [9.17, 15) is 4.79 Å². The Kier molecular flexibility index (Phi) is 3.68. The summed E-state index contributed by atoms with van der Waals surface area (Å²) in [6.45, 7) is 1.19. The minimum atomic E-state index is 0.157. The molecule has 3 rings (SSSR count). The number of para-hydroxylation sites is 2. The highest BCUT2D eigenvalue weighted by Gasteiger charge is 2.22. The van der Waals surface area contributed by atoms with Gasteiger partial charge in [0.1, 0.15) is 12.4 Å². The fourth-order valence-corrected chi connectivity index (χ4v) is 2.46. The number of fused-ring (bicyclic) bond motifs is 1. The molecule has 0 fully saturated rings. The molecule has 0 unspecified atom stereocenters. The largest absolute Gasteiger partial charge is 0.490 e. The molecule has 1 aliphatic heterocycles. The quantitative estimate of drug-likeness (QED) is 0.855. The molecule has 0 atom stereocenters. The molecule has 3 nitrogen and oxygen atoms in total. The van der Waals surface area contributed by atoms with Crippen LogP contribution in [0.4, 0.5) is 5.69 Å². The molecule has 0 spiro atoms. The maximum atomic E-state index is 12.4. The molecule has 1 aliphatic rings. The number of benzene rings is 2. The third-order valence-electron chi connectivity index (χ3n) is 3.50. The van der Waals surface area contributed by atoms with Crippen LogP contribution in [0.3, 0.4) is 0 Å². The van der Waals surface area contributed by atoms with Crippen molar-refractivity contribution in [3.8, 4) is 5.75 Å². The van der Waals surface area contributed by atoms with Crippen LogP contribution < -0.4 is 9.64 Å². The van der Waals surface area contributed by atoms with Crippen molar-refractivity contribution in [2.45, 2.75) is 12.8 Å². The lowest BCUT2D eigenvalue weighted by molar-refractivity contribution is -0.118. The second-order valence-electron chi connectivity index (χ2n) is 4.85. The molecule has 1 amide bonds. The molecule has 102 valence electrons. The zero-order valence-corrected chi connectivity index (χ0v) is 11.3. The summed E-state index contributed by atoms with van der Waals surface area (Å²) in [4.78, 5) is 14.2. The van der Waals surface area contributed by atoms with Gasteiger partial charge in [-0.2, -0.15) is 0 Å². The molecule has 0 saturated carbocycles. The highest BCUT2D eigenvalue weighted by molar-refractivity contribution is 5.95. The Balaban J connectivity index is 1.69. The van der Waals surface area contributed by atoms with E-state index >= 15 is 0 Å². The molecule has 0 aromatic heterocycles. The molecule has 0 bridgehead atoms. The number of hydrogen-bond donors (Lipinski definition) is 0. The first-order valence-corrected chi connectivity index (χ1v) is 6.91. The monoisotopic (exact) mass is 267 g/mol. The predicted octanol–water partition coefficient (Wildman–Crippen LogP) is 3.04. The molecule has 2 aromatic carbocycles. The van der Waals surface area contributed by atoms with Crippen LogP contribution in [0.1, 0.15) is 12.0 Å². The SMILES string of the molecule is O=C(CCc1ccccc1)N1CCOc2ccccc21. The van der Waals surface area contributed by atoms with Crippen LogP contribution >= 0.6 is 0 Å². The lowest BCUT2D eigenvalue weighted by Gasteiger charge is -2.29. The Morgan fingerprint density at radius 1 is 1.05 bits per heavy atom. The van der Waals surface area contributed by atoms with E-state index in [-0.39, 0.29) is 5.91 Å². The molecule has 2 aromatic rings. The van der Waals surface area contributed by atoms with Crippen molar-refractivity contribution in [2.24, 2.45) is 0 Å². The fourth-order valence-electron chi connectivity index (χ4n) is 2.46. The topological polar surface area (TPSA) is 29.5 Å². The maximum Gasteiger partial charge on any atom is 0.227 e. The average Bonchev–Trinajstić information content (AvgIpc) is 2.53. The number of aryl methyl sites for hydroxylation is 1. The summed E-state index contributed by atoms with van der Waals surface area (Å²) >= 11 is 0. The molecule has 3 heteroatoms. The smallest absolute Gasteiger partial charge is 0.227 e. The molecular weight excluding hydrogens is 250 g/mol. The Bertz CT molecular complexity index is 595. The van der Waals surface area contributed by atoms with E-state index < -0.39 is 0 Å². The Morgan fingerprint density at radius 2 is 1.80 bits per heavy atom. The maximum absolute atomic E-state index is 12.4. The number of anilines is 1. The number of rotatable bonds is 3. The first-order chi connectivity index (χ1) is 9.84. The number of amides is 1. The summed E-state index contributed by atoms with van der Waals surface area (Å²) in [5, 5.41) is 0. The normalized spacial score (nSPS) is 13.5. The second kappa shape index (κ2) is 5.78. The third-order valence-corrected chi connectivity index (χ3v) is 3.50. The van der Waals surface area contributed by atoms with Crippen LogP contribution in [0.25, 0.3) is 0 Å². The van der Waals surface area contributed by atoms with Gasteiger partial charge in [0.15, 0.2) is 0 Å². The second-order valence-corrected chi connectivity index (χ2v) is 4.85. The predicted molar refractivity (Wildman–Crippen MR) is 79.1 cm³/mol. The van der Waals surface area contributed by atoms with E-state index in [0.29, 0.717) is 19.6 Å². The number of hydrogen-bond acceptors (Lipinski definition) is 2. The van der Waals surface area contributed by atoms with Gasteiger partial charge in [-0.25, -0.2) is 0 Å².